The molecule has 1 nitrogen and oxygen atoms in total. The van der Waals surface area contributed by atoms with Crippen LogP contribution in [0.4, 0.5) is 0 Å². The number of Topliss-reactive ketones (excluding diaryl/α,β-unsaturated/α-hetero) is 1. The molecule has 0 atom stereocenters. The van der Waals surface area contributed by atoms with Crippen molar-refractivity contribution in [3.8, 4) is 0 Å². The molecule has 0 aromatic heterocycles. The van der Waals surface area contributed by atoms with Crippen LogP contribution in [-0.2, 0) is 0 Å². The van der Waals surface area contributed by atoms with Gasteiger partial charge in [0.2, 0.25) is 0 Å². The van der Waals surface area contributed by atoms with Gasteiger partial charge in [0.25, 0.3) is 0 Å². The summed E-state index contributed by atoms with van der Waals surface area (Å²) in [4.78, 5) is 11.9. The summed E-state index contributed by atoms with van der Waals surface area (Å²) in [6.45, 7) is 0. The molecule has 88 valence electrons. The van der Waals surface area contributed by atoms with E-state index in [1.54, 1.807) is 0 Å². The largest absolute Gasteiger partial charge is 0.294 e. The summed E-state index contributed by atoms with van der Waals surface area (Å²) >= 11 is 5.60. The van der Waals surface area contributed by atoms with Gasteiger partial charge in [0.15, 0.2) is 5.78 Å². The van der Waals surface area contributed by atoms with E-state index in [1.165, 1.54) is 5.39 Å². The first-order valence-corrected chi connectivity index (χ1v) is 6.42. The number of hydrogen-bond acceptors (Lipinski definition) is 1. The average molecular weight is 247 g/mol. The molecule has 2 aromatic rings. The van der Waals surface area contributed by atoms with Gasteiger partial charge < -0.3 is 0 Å². The van der Waals surface area contributed by atoms with Crippen molar-refractivity contribution in [2.45, 2.75) is 19.3 Å². The summed E-state index contributed by atoms with van der Waals surface area (Å²) in [5.74, 6) is 0.839. The van der Waals surface area contributed by atoms with Crippen LogP contribution in [0.25, 0.3) is 10.8 Å². The van der Waals surface area contributed by atoms with Crippen molar-refractivity contribution in [1.82, 2.24) is 0 Å². The Labute approximate surface area is 106 Å². The van der Waals surface area contributed by atoms with E-state index in [0.717, 1.165) is 23.8 Å². The minimum Gasteiger partial charge on any atom is -0.294 e. The number of hydrogen-bond donors (Lipinski definition) is 0. The van der Waals surface area contributed by atoms with Crippen LogP contribution in [0.5, 0.6) is 0 Å². The molecule has 0 saturated heterocycles. The lowest BCUT2D eigenvalue weighted by Crippen LogP contribution is -1.98. The molecule has 2 aromatic carbocycles. The summed E-state index contributed by atoms with van der Waals surface area (Å²) in [5.41, 5.74) is 0.804. The van der Waals surface area contributed by atoms with Crippen molar-refractivity contribution in [3.05, 3.63) is 48.0 Å². The zero-order valence-electron chi connectivity index (χ0n) is 9.66. The summed E-state index contributed by atoms with van der Waals surface area (Å²) in [6, 6.07) is 14.0. The number of alkyl halides is 1. The van der Waals surface area contributed by atoms with Gasteiger partial charge in [-0.3, -0.25) is 4.79 Å². The van der Waals surface area contributed by atoms with Crippen LogP contribution in [0.2, 0.25) is 0 Å². The molecule has 0 bridgehead atoms. The van der Waals surface area contributed by atoms with Gasteiger partial charge in [0.1, 0.15) is 0 Å². The van der Waals surface area contributed by atoms with Crippen molar-refractivity contribution >= 4 is 28.2 Å². The quantitative estimate of drug-likeness (QED) is 0.433. The average Bonchev–Trinajstić information content (AvgIpc) is 2.38. The van der Waals surface area contributed by atoms with Crippen molar-refractivity contribution in [2.24, 2.45) is 0 Å². The fourth-order valence-electron chi connectivity index (χ4n) is 1.89. The number of rotatable bonds is 5. The van der Waals surface area contributed by atoms with Crippen LogP contribution in [0, 0.1) is 0 Å². The maximum absolute atomic E-state index is 11.9. The fourth-order valence-corrected chi connectivity index (χ4v) is 2.08. The van der Waals surface area contributed by atoms with Crippen LogP contribution < -0.4 is 0 Å². The van der Waals surface area contributed by atoms with Gasteiger partial charge in [-0.1, -0.05) is 36.4 Å². The zero-order valence-corrected chi connectivity index (χ0v) is 10.4. The number of ketones is 1. The van der Waals surface area contributed by atoms with Gasteiger partial charge >= 0.3 is 0 Å². The smallest absolute Gasteiger partial charge is 0.162 e. The second-order valence-corrected chi connectivity index (χ2v) is 4.51. The third-order valence-electron chi connectivity index (χ3n) is 2.86. The molecule has 0 amide bonds. The van der Waals surface area contributed by atoms with E-state index in [1.807, 2.05) is 36.4 Å². The SMILES string of the molecule is O=C(CCCCCl)c1ccc2ccccc2c1. The van der Waals surface area contributed by atoms with Crippen molar-refractivity contribution in [1.29, 1.82) is 0 Å². The lowest BCUT2D eigenvalue weighted by atomic mass is 10.0. The van der Waals surface area contributed by atoms with Crippen molar-refractivity contribution < 1.29 is 4.79 Å². The van der Waals surface area contributed by atoms with E-state index in [4.69, 9.17) is 11.6 Å². The molecule has 0 N–H and O–H groups in total. The predicted octanol–water partition coefficient (Wildman–Crippen LogP) is 4.43. The Hall–Kier alpha value is -1.34. The Morgan fingerprint density at radius 2 is 1.76 bits per heavy atom. The first kappa shape index (κ1) is 12.1. The Morgan fingerprint density at radius 3 is 2.53 bits per heavy atom. The Morgan fingerprint density at radius 1 is 1.00 bits per heavy atom. The van der Waals surface area contributed by atoms with Crippen LogP contribution in [0.15, 0.2) is 42.5 Å². The molecule has 0 aliphatic heterocycles. The van der Waals surface area contributed by atoms with Crippen LogP contribution >= 0.6 is 11.6 Å². The lowest BCUT2D eigenvalue weighted by Gasteiger charge is -2.02. The normalized spacial score (nSPS) is 10.6. The van der Waals surface area contributed by atoms with Gasteiger partial charge in [-0.25, -0.2) is 0 Å². The highest BCUT2D eigenvalue weighted by Crippen LogP contribution is 2.17. The second kappa shape index (κ2) is 5.83. The Bertz CT molecular complexity index is 519. The summed E-state index contributed by atoms with van der Waals surface area (Å²) in [7, 11) is 0. The Kier molecular flexibility index (Phi) is 4.16. The number of halogens is 1. The molecule has 0 saturated carbocycles. The van der Waals surface area contributed by atoms with Crippen LogP contribution in [0.1, 0.15) is 29.6 Å². The first-order chi connectivity index (χ1) is 8.31. The predicted molar refractivity (Wildman–Crippen MR) is 72.8 cm³/mol. The van der Waals surface area contributed by atoms with Crippen molar-refractivity contribution in [2.75, 3.05) is 5.88 Å². The van der Waals surface area contributed by atoms with Crippen LogP contribution in [-0.4, -0.2) is 11.7 Å². The van der Waals surface area contributed by atoms with Gasteiger partial charge in [0.05, 0.1) is 0 Å². The number of unbranched alkanes of at least 4 members (excludes halogenated alkanes) is 1. The second-order valence-electron chi connectivity index (χ2n) is 4.13. The molecule has 0 fully saturated rings. The topological polar surface area (TPSA) is 17.1 Å². The molecule has 0 heterocycles. The highest BCUT2D eigenvalue weighted by Gasteiger charge is 2.05. The van der Waals surface area contributed by atoms with Gasteiger partial charge in [-0.15, -0.1) is 11.6 Å². The van der Waals surface area contributed by atoms with Crippen LogP contribution in [0.3, 0.4) is 0 Å². The van der Waals surface area contributed by atoms with E-state index in [0.29, 0.717) is 12.3 Å². The van der Waals surface area contributed by atoms with Crippen molar-refractivity contribution in [3.63, 3.8) is 0 Å². The van der Waals surface area contributed by atoms with Gasteiger partial charge in [0, 0.05) is 17.9 Å². The van der Waals surface area contributed by atoms with E-state index < -0.39 is 0 Å². The summed E-state index contributed by atoms with van der Waals surface area (Å²) < 4.78 is 0. The molecule has 0 spiro atoms. The minimum atomic E-state index is 0.209. The minimum absolute atomic E-state index is 0.209. The maximum atomic E-state index is 11.9. The third kappa shape index (κ3) is 3.07. The number of carbonyl (C=O) groups is 1. The number of carbonyl (C=O) groups excluding carboxylic acids is 1. The van der Waals surface area contributed by atoms with E-state index >= 15 is 0 Å². The standard InChI is InChI=1S/C15H15ClO/c16-10-4-3-7-15(17)14-9-8-12-5-1-2-6-13(12)11-14/h1-2,5-6,8-9,11H,3-4,7,10H2. The van der Waals surface area contributed by atoms with Gasteiger partial charge in [-0.2, -0.15) is 0 Å². The summed E-state index contributed by atoms with van der Waals surface area (Å²) in [6.07, 6.45) is 2.36. The zero-order chi connectivity index (χ0) is 12.1. The molecule has 0 radical (unpaired) electrons. The van der Waals surface area contributed by atoms with E-state index in [2.05, 4.69) is 6.07 Å². The highest BCUT2D eigenvalue weighted by atomic mass is 35.5. The number of fused-ring (bicyclic) bond motifs is 1. The highest BCUT2D eigenvalue weighted by molar-refractivity contribution is 6.17. The molecule has 0 aliphatic carbocycles. The van der Waals surface area contributed by atoms with Gasteiger partial charge in [-0.05, 0) is 29.7 Å². The third-order valence-corrected chi connectivity index (χ3v) is 3.13. The Balaban J connectivity index is 2.15. The molecule has 17 heavy (non-hydrogen) atoms. The first-order valence-electron chi connectivity index (χ1n) is 5.89. The summed E-state index contributed by atoms with van der Waals surface area (Å²) in [5, 5.41) is 2.29. The molecular weight excluding hydrogens is 232 g/mol. The van der Waals surface area contributed by atoms with E-state index in [-0.39, 0.29) is 5.78 Å². The maximum Gasteiger partial charge on any atom is 0.162 e. The fraction of sp³-hybridized carbons (Fsp3) is 0.267. The monoisotopic (exact) mass is 246 g/mol. The van der Waals surface area contributed by atoms with E-state index in [9.17, 15) is 4.79 Å². The molecule has 2 rings (SSSR count). The molecular formula is C15H15ClO. The molecule has 2 heteroatoms. The lowest BCUT2D eigenvalue weighted by molar-refractivity contribution is 0.0980. The molecule has 0 aliphatic rings. The number of benzene rings is 2. The molecule has 0 unspecified atom stereocenters.